The number of carbonyl (C=O) groups excluding carboxylic acids is 1. The lowest BCUT2D eigenvalue weighted by Crippen LogP contribution is -2.42. The summed E-state index contributed by atoms with van der Waals surface area (Å²) in [4.78, 5) is 28.9. The van der Waals surface area contributed by atoms with Crippen LogP contribution in [0.15, 0.2) is 64.4 Å². The molecule has 0 N–H and O–H groups in total. The minimum Gasteiger partial charge on any atom is -0.350 e. The van der Waals surface area contributed by atoms with E-state index in [1.165, 1.54) is 15.9 Å². The molecule has 2 aliphatic rings. The Bertz CT molecular complexity index is 1480. The Balaban J connectivity index is 1.39. The highest BCUT2D eigenvalue weighted by molar-refractivity contribution is 7.89. The maximum Gasteiger partial charge on any atom is 0.259 e. The summed E-state index contributed by atoms with van der Waals surface area (Å²) in [7, 11) is -1.96. The van der Waals surface area contributed by atoms with Gasteiger partial charge in [-0.3, -0.25) is 9.59 Å². The molecule has 1 aromatic heterocycles. The molecule has 2 atom stereocenters. The van der Waals surface area contributed by atoms with Crippen LogP contribution in [-0.2, 0) is 23.5 Å². The van der Waals surface area contributed by atoms with E-state index >= 15 is 0 Å². The number of fused-ring (bicyclic) bond motifs is 1. The minimum absolute atomic E-state index is 0.0938. The van der Waals surface area contributed by atoms with Gasteiger partial charge in [0.2, 0.25) is 15.5 Å². The second kappa shape index (κ2) is 10.7. The van der Waals surface area contributed by atoms with E-state index in [0.717, 1.165) is 25.7 Å². The quantitative estimate of drug-likeness (QED) is 0.488. The fourth-order valence-electron chi connectivity index (χ4n) is 6.19. The molecule has 0 radical (unpaired) electrons. The first kappa shape index (κ1) is 26.6. The Morgan fingerprint density at radius 1 is 0.974 bits per heavy atom. The number of piperidine rings is 2. The summed E-state index contributed by atoms with van der Waals surface area (Å²) >= 11 is 0. The Kier molecular flexibility index (Phi) is 7.47. The van der Waals surface area contributed by atoms with E-state index in [1.807, 2.05) is 18.2 Å². The van der Waals surface area contributed by atoms with Crippen LogP contribution in [0.4, 0.5) is 0 Å². The molecule has 0 aliphatic carbocycles. The predicted octanol–water partition coefficient (Wildman–Crippen LogP) is 4.30. The monoisotopic (exact) mass is 535 g/mol. The molecule has 0 unspecified atom stereocenters. The van der Waals surface area contributed by atoms with Gasteiger partial charge in [0.25, 0.3) is 5.91 Å². The summed E-state index contributed by atoms with van der Waals surface area (Å²) in [5, 5.41) is 0.261. The zero-order valence-electron chi connectivity index (χ0n) is 22.5. The molecule has 0 saturated carbocycles. The number of pyridine rings is 1. The van der Waals surface area contributed by atoms with Gasteiger partial charge >= 0.3 is 0 Å². The van der Waals surface area contributed by atoms with Crippen LogP contribution in [0.3, 0.4) is 0 Å². The van der Waals surface area contributed by atoms with Crippen LogP contribution in [0.2, 0.25) is 0 Å². The van der Waals surface area contributed by atoms with Gasteiger partial charge in [0.05, 0.1) is 10.4 Å². The van der Waals surface area contributed by atoms with Gasteiger partial charge in [-0.1, -0.05) is 44.2 Å². The average molecular weight is 536 g/mol. The first-order valence-electron chi connectivity index (χ1n) is 13.6. The summed E-state index contributed by atoms with van der Waals surface area (Å²) in [5.41, 5.74) is 1.59. The maximum atomic E-state index is 13.6. The van der Waals surface area contributed by atoms with Crippen molar-refractivity contribution in [3.63, 3.8) is 0 Å². The second-order valence-electron chi connectivity index (χ2n) is 11.4. The number of hydrogen-bond acceptors (Lipinski definition) is 4. The molecule has 7 nitrogen and oxygen atoms in total. The van der Waals surface area contributed by atoms with Gasteiger partial charge in [0.15, 0.2) is 0 Å². The second-order valence-corrected chi connectivity index (χ2v) is 13.3. The lowest BCUT2D eigenvalue weighted by molar-refractivity contribution is 0.0688. The van der Waals surface area contributed by atoms with Crippen molar-refractivity contribution >= 4 is 26.8 Å². The van der Waals surface area contributed by atoms with E-state index in [1.54, 1.807) is 34.8 Å². The topological polar surface area (TPSA) is 79.7 Å². The van der Waals surface area contributed by atoms with Crippen molar-refractivity contribution in [3.8, 4) is 0 Å². The van der Waals surface area contributed by atoms with Crippen LogP contribution >= 0.6 is 0 Å². The summed E-state index contributed by atoms with van der Waals surface area (Å²) in [5.74, 6) is 0.789. The molecule has 2 aromatic carbocycles. The van der Waals surface area contributed by atoms with Crippen molar-refractivity contribution in [1.82, 2.24) is 13.8 Å². The molecule has 0 spiro atoms. The van der Waals surface area contributed by atoms with Gasteiger partial charge in [-0.05, 0) is 67.2 Å². The third kappa shape index (κ3) is 5.29. The number of nitrogens with zero attached hydrogens (tertiary/aromatic N) is 3. The number of amides is 1. The first-order valence-corrected chi connectivity index (χ1v) is 15.0. The fraction of sp³-hybridized carbons (Fsp3) is 0.467. The number of carbonyl (C=O) groups is 1. The normalized spacial score (nSPS) is 21.6. The largest absolute Gasteiger partial charge is 0.350 e. The highest BCUT2D eigenvalue weighted by atomic mass is 32.2. The maximum absolute atomic E-state index is 13.6. The molecule has 5 rings (SSSR count). The number of hydrogen-bond donors (Lipinski definition) is 0. The Morgan fingerprint density at radius 3 is 2.29 bits per heavy atom. The van der Waals surface area contributed by atoms with E-state index in [-0.39, 0.29) is 33.6 Å². The van der Waals surface area contributed by atoms with Gasteiger partial charge in [-0.15, -0.1) is 0 Å². The summed E-state index contributed by atoms with van der Waals surface area (Å²) in [6.45, 7) is 6.30. The van der Waals surface area contributed by atoms with E-state index in [9.17, 15) is 18.0 Å². The van der Waals surface area contributed by atoms with Crippen LogP contribution in [0.5, 0.6) is 0 Å². The Morgan fingerprint density at radius 2 is 1.63 bits per heavy atom. The molecule has 3 aromatic rings. The SMILES string of the molecule is C[C@@H]1C[C@@H](C)CN(S(=O)(=O)c2ccc3c(c2)c(=O)c(C(=O)N2CCC(Cc4ccccc4)CC2)cn3C)C1. The van der Waals surface area contributed by atoms with E-state index < -0.39 is 15.5 Å². The highest BCUT2D eigenvalue weighted by Gasteiger charge is 2.32. The molecule has 2 fully saturated rings. The fourth-order valence-corrected chi connectivity index (χ4v) is 7.90. The van der Waals surface area contributed by atoms with Crippen LogP contribution in [-0.4, -0.2) is 54.3 Å². The Hall–Kier alpha value is -2.97. The molecule has 1 amide bonds. The summed E-state index contributed by atoms with van der Waals surface area (Å²) in [6.07, 6.45) is 5.37. The van der Waals surface area contributed by atoms with Gasteiger partial charge in [0, 0.05) is 44.8 Å². The van der Waals surface area contributed by atoms with Gasteiger partial charge in [-0.2, -0.15) is 4.31 Å². The van der Waals surface area contributed by atoms with Gasteiger partial charge < -0.3 is 9.47 Å². The lowest BCUT2D eigenvalue weighted by atomic mass is 9.90. The number of likely N-dealkylation sites (tertiary alicyclic amines) is 1. The Labute approximate surface area is 225 Å². The van der Waals surface area contributed by atoms with E-state index in [4.69, 9.17) is 0 Å². The molecular formula is C30H37N3O4S. The zero-order valence-corrected chi connectivity index (χ0v) is 23.3. The first-order chi connectivity index (χ1) is 18.1. The molecule has 0 bridgehead atoms. The van der Waals surface area contributed by atoms with Crippen LogP contribution in [0, 0.1) is 17.8 Å². The molecule has 3 heterocycles. The smallest absolute Gasteiger partial charge is 0.259 e. The van der Waals surface area contributed by atoms with Crippen LogP contribution in [0.1, 0.15) is 49.0 Å². The van der Waals surface area contributed by atoms with Crippen molar-refractivity contribution in [3.05, 3.63) is 76.1 Å². The number of rotatable bonds is 5. The van der Waals surface area contributed by atoms with Crippen molar-refractivity contribution in [2.45, 2.75) is 44.4 Å². The van der Waals surface area contributed by atoms with Gasteiger partial charge in [0.1, 0.15) is 5.56 Å². The lowest BCUT2D eigenvalue weighted by Gasteiger charge is -2.34. The van der Waals surface area contributed by atoms with E-state index in [2.05, 4.69) is 26.0 Å². The van der Waals surface area contributed by atoms with E-state index in [0.29, 0.717) is 37.6 Å². The van der Waals surface area contributed by atoms with Crippen molar-refractivity contribution in [1.29, 1.82) is 0 Å². The standard InChI is InChI=1S/C30H37N3O4S/c1-21-15-22(2)19-33(18-21)38(36,37)25-9-10-28-26(17-25)29(34)27(20-31(28)3)30(35)32-13-11-24(12-14-32)16-23-7-5-4-6-8-23/h4-10,17,20-22,24H,11-16,18-19H2,1-3H3/t21-,22-/m1/s1. The summed E-state index contributed by atoms with van der Waals surface area (Å²) < 4.78 is 30.3. The molecular weight excluding hydrogens is 498 g/mol. The average Bonchev–Trinajstić information content (AvgIpc) is 2.90. The van der Waals surface area contributed by atoms with Crippen molar-refractivity contribution < 1.29 is 13.2 Å². The number of benzene rings is 2. The van der Waals surface area contributed by atoms with Crippen molar-refractivity contribution in [2.75, 3.05) is 26.2 Å². The molecule has 2 aliphatic heterocycles. The van der Waals surface area contributed by atoms with Crippen molar-refractivity contribution in [2.24, 2.45) is 24.8 Å². The van der Waals surface area contributed by atoms with Gasteiger partial charge in [-0.25, -0.2) is 8.42 Å². The molecule has 38 heavy (non-hydrogen) atoms. The molecule has 8 heteroatoms. The predicted molar refractivity (Wildman–Crippen MR) is 150 cm³/mol. The number of aromatic nitrogens is 1. The van der Waals surface area contributed by atoms with Crippen LogP contribution < -0.4 is 5.43 Å². The summed E-state index contributed by atoms with van der Waals surface area (Å²) in [6, 6.07) is 15.1. The zero-order chi connectivity index (χ0) is 27.0. The third-order valence-corrected chi connectivity index (χ3v) is 9.96. The third-order valence-electron chi connectivity index (χ3n) is 8.13. The minimum atomic E-state index is -3.74. The molecule has 202 valence electrons. The number of sulfonamides is 1. The number of aryl methyl sites for hydroxylation is 1. The molecule has 2 saturated heterocycles. The highest BCUT2D eigenvalue weighted by Crippen LogP contribution is 2.28. The van der Waals surface area contributed by atoms with Crippen LogP contribution in [0.25, 0.3) is 10.9 Å².